The second-order valence-electron chi connectivity index (χ2n) is 4.08. The van der Waals surface area contributed by atoms with Crippen molar-refractivity contribution in [3.8, 4) is 0 Å². The van der Waals surface area contributed by atoms with Crippen LogP contribution in [-0.2, 0) is 11.2 Å². The molecule has 0 aliphatic carbocycles. The molecule has 4 N–H and O–H groups in total. The second-order valence-corrected chi connectivity index (χ2v) is 4.08. The fraction of sp³-hybridized carbons (Fsp3) is 0.600. The highest BCUT2D eigenvalue weighted by molar-refractivity contribution is 5.06. The fourth-order valence-corrected chi connectivity index (χ4v) is 1.95. The lowest BCUT2D eigenvalue weighted by atomic mass is 10.1. The third-order valence-corrected chi connectivity index (χ3v) is 2.82. The van der Waals surface area contributed by atoms with Gasteiger partial charge in [0, 0.05) is 24.6 Å². The van der Waals surface area contributed by atoms with Gasteiger partial charge in [0.2, 0.25) is 0 Å². The summed E-state index contributed by atoms with van der Waals surface area (Å²) in [6, 6.07) is 0. The monoisotopic (exact) mass is 242 g/mol. The van der Waals surface area contributed by atoms with Gasteiger partial charge in [-0.3, -0.25) is 9.78 Å². The van der Waals surface area contributed by atoms with E-state index >= 15 is 0 Å². The van der Waals surface area contributed by atoms with Crippen molar-refractivity contribution in [3.63, 3.8) is 0 Å². The van der Waals surface area contributed by atoms with Crippen molar-refractivity contribution < 1.29 is 14.9 Å². The molecule has 3 atom stereocenters. The minimum Gasteiger partial charge on any atom is -0.394 e. The van der Waals surface area contributed by atoms with Crippen LogP contribution in [-0.4, -0.2) is 45.1 Å². The van der Waals surface area contributed by atoms with E-state index in [-0.39, 0.29) is 12.7 Å². The van der Waals surface area contributed by atoms with E-state index in [0.29, 0.717) is 18.4 Å². The zero-order chi connectivity index (χ0) is 12.4. The number of hydrogen-bond donors (Lipinski definition) is 4. The lowest BCUT2D eigenvalue weighted by Crippen LogP contribution is -2.27. The number of aliphatic hydroxyl groups excluding tert-OH is 2. The number of H-pyrrole nitrogens is 2. The number of aliphatic hydroxyl groups is 2. The van der Waals surface area contributed by atoms with Crippen molar-refractivity contribution in [2.75, 3.05) is 6.61 Å². The molecule has 7 heteroatoms. The van der Waals surface area contributed by atoms with Crippen LogP contribution in [0.2, 0.25) is 0 Å². The number of aromatic nitrogens is 2. The zero-order valence-corrected chi connectivity index (χ0v) is 9.05. The molecule has 7 nitrogen and oxygen atoms in total. The van der Waals surface area contributed by atoms with E-state index in [0.717, 1.165) is 0 Å². The van der Waals surface area contributed by atoms with Crippen molar-refractivity contribution in [3.05, 3.63) is 32.6 Å². The van der Waals surface area contributed by atoms with Crippen LogP contribution in [0.25, 0.3) is 0 Å². The maximum absolute atomic E-state index is 11.4. The van der Waals surface area contributed by atoms with Crippen LogP contribution in [0.15, 0.2) is 15.8 Å². The summed E-state index contributed by atoms with van der Waals surface area (Å²) in [6.45, 7) is -0.250. The van der Waals surface area contributed by atoms with Gasteiger partial charge in [-0.25, -0.2) is 4.79 Å². The highest BCUT2D eigenvalue weighted by Gasteiger charge is 2.33. The highest BCUT2D eigenvalue weighted by atomic mass is 16.5. The fourth-order valence-electron chi connectivity index (χ4n) is 1.95. The summed E-state index contributed by atoms with van der Waals surface area (Å²) in [5, 5.41) is 18.4. The molecule has 1 aromatic heterocycles. The number of ether oxygens (including phenoxy) is 1. The van der Waals surface area contributed by atoms with Crippen LogP contribution >= 0.6 is 0 Å². The van der Waals surface area contributed by atoms with E-state index in [1.807, 2.05) is 0 Å². The molecule has 0 aromatic carbocycles. The molecule has 1 fully saturated rings. The molecule has 0 amide bonds. The van der Waals surface area contributed by atoms with E-state index in [4.69, 9.17) is 9.84 Å². The highest BCUT2D eigenvalue weighted by Crippen LogP contribution is 2.22. The maximum atomic E-state index is 11.4. The first-order valence-electron chi connectivity index (χ1n) is 5.35. The molecule has 0 spiro atoms. The van der Waals surface area contributed by atoms with Gasteiger partial charge in [-0.1, -0.05) is 0 Å². The van der Waals surface area contributed by atoms with Gasteiger partial charge >= 0.3 is 5.69 Å². The van der Waals surface area contributed by atoms with Gasteiger partial charge in [-0.05, 0) is 0 Å². The zero-order valence-electron chi connectivity index (χ0n) is 9.05. The Balaban J connectivity index is 2.07. The molecule has 0 radical (unpaired) electrons. The van der Waals surface area contributed by atoms with Gasteiger partial charge in [0.15, 0.2) is 0 Å². The number of nitrogens with one attached hydrogen (secondary N) is 2. The van der Waals surface area contributed by atoms with Gasteiger partial charge in [0.25, 0.3) is 5.56 Å². The number of rotatable bonds is 3. The molecule has 0 saturated carbocycles. The Labute approximate surface area is 96.1 Å². The van der Waals surface area contributed by atoms with Crippen molar-refractivity contribution in [2.45, 2.75) is 31.2 Å². The standard InChI is InChI=1S/C10H14N2O5/c13-4-8-7(14)2-6(17-8)1-5-3-11-10(16)12-9(5)15/h3,6-8,13-14H,1-2,4H2,(H2,11,12,15,16)/t6?,7-,8+/m0/s1. The molecular weight excluding hydrogens is 228 g/mol. The molecule has 0 bridgehead atoms. The predicted octanol–water partition coefficient (Wildman–Crippen LogP) is -1.88. The van der Waals surface area contributed by atoms with Crippen LogP contribution in [0.5, 0.6) is 0 Å². The Morgan fingerprint density at radius 3 is 2.82 bits per heavy atom. The third kappa shape index (κ3) is 2.63. The van der Waals surface area contributed by atoms with E-state index in [1.165, 1.54) is 6.20 Å². The topological polar surface area (TPSA) is 115 Å². The Hall–Kier alpha value is -1.44. The Bertz CT molecular complexity index is 494. The van der Waals surface area contributed by atoms with E-state index < -0.39 is 23.5 Å². The summed E-state index contributed by atoms with van der Waals surface area (Å²) in [4.78, 5) is 26.7. The molecule has 1 unspecified atom stereocenters. The van der Waals surface area contributed by atoms with Crippen LogP contribution in [0, 0.1) is 0 Å². The van der Waals surface area contributed by atoms with E-state index in [2.05, 4.69) is 9.97 Å². The van der Waals surface area contributed by atoms with Gasteiger partial charge in [0.05, 0.1) is 18.8 Å². The summed E-state index contributed by atoms with van der Waals surface area (Å²) in [6.07, 6.45) is 0.356. The quantitative estimate of drug-likeness (QED) is 0.495. The lowest BCUT2D eigenvalue weighted by Gasteiger charge is -2.11. The molecule has 1 aromatic rings. The normalized spacial score (nSPS) is 28.5. The van der Waals surface area contributed by atoms with E-state index in [1.54, 1.807) is 0 Å². The average Bonchev–Trinajstić information content (AvgIpc) is 2.63. The molecule has 1 saturated heterocycles. The largest absolute Gasteiger partial charge is 0.394 e. The average molecular weight is 242 g/mol. The van der Waals surface area contributed by atoms with Gasteiger partial charge in [0.1, 0.15) is 6.10 Å². The minimum absolute atomic E-state index is 0.250. The SMILES string of the molecule is O=c1[nH]cc(CC2C[C@H](O)[C@@H](CO)O2)c(=O)[nH]1. The maximum Gasteiger partial charge on any atom is 0.325 e. The van der Waals surface area contributed by atoms with Crippen molar-refractivity contribution in [1.29, 1.82) is 0 Å². The van der Waals surface area contributed by atoms with Gasteiger partial charge in [-0.2, -0.15) is 0 Å². The summed E-state index contributed by atoms with van der Waals surface area (Å²) in [5.74, 6) is 0. The van der Waals surface area contributed by atoms with Crippen molar-refractivity contribution in [2.24, 2.45) is 0 Å². The first-order chi connectivity index (χ1) is 8.10. The molecular formula is C10H14N2O5. The molecule has 2 rings (SSSR count). The summed E-state index contributed by atoms with van der Waals surface area (Å²) in [7, 11) is 0. The van der Waals surface area contributed by atoms with Crippen molar-refractivity contribution >= 4 is 0 Å². The smallest absolute Gasteiger partial charge is 0.325 e. The van der Waals surface area contributed by atoms with E-state index in [9.17, 15) is 14.7 Å². The third-order valence-electron chi connectivity index (χ3n) is 2.82. The number of aromatic amines is 2. The Kier molecular flexibility index (Phi) is 3.41. The summed E-state index contributed by atoms with van der Waals surface area (Å²) >= 11 is 0. The first kappa shape index (κ1) is 12.0. The Morgan fingerprint density at radius 1 is 1.47 bits per heavy atom. The summed E-state index contributed by atoms with van der Waals surface area (Å²) in [5.41, 5.74) is -0.626. The van der Waals surface area contributed by atoms with Crippen LogP contribution in [0.4, 0.5) is 0 Å². The first-order valence-corrected chi connectivity index (χ1v) is 5.35. The second kappa shape index (κ2) is 4.82. The van der Waals surface area contributed by atoms with Crippen molar-refractivity contribution in [1.82, 2.24) is 9.97 Å². The van der Waals surface area contributed by atoms with Crippen LogP contribution < -0.4 is 11.2 Å². The van der Waals surface area contributed by atoms with Crippen LogP contribution in [0.3, 0.4) is 0 Å². The number of hydrogen-bond acceptors (Lipinski definition) is 5. The molecule has 94 valence electrons. The predicted molar refractivity (Wildman–Crippen MR) is 57.8 cm³/mol. The van der Waals surface area contributed by atoms with Gasteiger partial charge < -0.3 is 19.9 Å². The molecule has 1 aliphatic heterocycles. The summed E-state index contributed by atoms with van der Waals surface area (Å²) < 4.78 is 5.37. The van der Waals surface area contributed by atoms with Gasteiger partial charge in [-0.15, -0.1) is 0 Å². The molecule has 2 heterocycles. The molecule has 1 aliphatic rings. The van der Waals surface area contributed by atoms with Crippen LogP contribution in [0.1, 0.15) is 12.0 Å². The molecule has 17 heavy (non-hydrogen) atoms. The minimum atomic E-state index is -0.716. The Morgan fingerprint density at radius 2 is 2.24 bits per heavy atom. The lowest BCUT2D eigenvalue weighted by molar-refractivity contribution is -0.0215.